The van der Waals surface area contributed by atoms with Crippen LogP contribution in [0, 0.1) is 5.41 Å². The highest BCUT2D eigenvalue weighted by atomic mass is 32.1. The molecule has 1 N–H and O–H groups in total. The largest absolute Gasteiger partial charge is 0.316 e. The summed E-state index contributed by atoms with van der Waals surface area (Å²) < 4.78 is 0. The molecular weight excluding hydrogens is 92.9 g/mol. The Hall–Kier alpha value is -0.175. The second-order valence-electron chi connectivity index (χ2n) is 0.999. The summed E-state index contributed by atoms with van der Waals surface area (Å²) in [6.07, 6.45) is 1.61. The second kappa shape index (κ2) is 3.03. The third-order valence-corrected chi connectivity index (χ3v) is 0.474. The molecule has 0 rings (SSSR count). The molecule has 0 atom stereocenters. The minimum atomic E-state index is 0.532. The van der Waals surface area contributed by atoms with Crippen molar-refractivity contribution >= 4 is 26.1 Å². The summed E-state index contributed by atoms with van der Waals surface area (Å²) in [6, 6.07) is 0. The van der Waals surface area contributed by atoms with Gasteiger partial charge in [0.1, 0.15) is 0 Å². The number of nitrogens with one attached hydrogen (secondary N) is 1. The highest BCUT2D eigenvalue weighted by molar-refractivity contribution is 7.83. The van der Waals surface area contributed by atoms with E-state index in [0.717, 1.165) is 0 Å². The van der Waals surface area contributed by atoms with Crippen molar-refractivity contribution in [3.8, 4) is 0 Å². The first kappa shape index (κ1) is 5.82. The van der Waals surface area contributed by atoms with Crippen LogP contribution in [0.2, 0.25) is 0 Å². The fourth-order valence-electron chi connectivity index (χ4n) is 0.112. The van der Waals surface area contributed by atoms with Crippen molar-refractivity contribution in [2.24, 2.45) is 0 Å². The van der Waals surface area contributed by atoms with E-state index in [-0.39, 0.29) is 0 Å². The fourth-order valence-corrected chi connectivity index (χ4v) is 0.335. The molecule has 0 aromatic heterocycles. The lowest BCUT2D eigenvalue weighted by atomic mass is 10.0. The van der Waals surface area contributed by atoms with Gasteiger partial charge in [-0.05, 0) is 17.1 Å². The van der Waals surface area contributed by atoms with Crippen LogP contribution in [0.5, 0.6) is 0 Å². The van der Waals surface area contributed by atoms with E-state index in [0.29, 0.717) is 5.61 Å². The van der Waals surface area contributed by atoms with E-state index in [9.17, 15) is 0 Å². The van der Waals surface area contributed by atoms with E-state index in [1.54, 1.807) is 19.3 Å². The number of hydrogen-bond acceptors (Lipinski definition) is 2. The Bertz CT molecular complexity index is 78.9. The number of rotatable bonds is 1. The molecule has 0 amide bonds. The summed E-state index contributed by atoms with van der Waals surface area (Å²) in [5.74, 6) is 0. The molecule has 1 nitrogen and oxygen atoms in total. The Morgan fingerprint density at radius 3 is 2.33 bits per heavy atom. The molecule has 0 aliphatic heterocycles. The third kappa shape index (κ3) is 3.82. The van der Waals surface area contributed by atoms with Gasteiger partial charge in [0, 0.05) is 0 Å². The van der Waals surface area contributed by atoms with Gasteiger partial charge in [0.25, 0.3) is 0 Å². The van der Waals surface area contributed by atoms with E-state index in [1.807, 2.05) is 0 Å². The topological polar surface area (TPSA) is 23.9 Å². The van der Waals surface area contributed by atoms with Crippen molar-refractivity contribution in [1.29, 1.82) is 5.41 Å². The van der Waals surface area contributed by atoms with E-state index in [1.165, 1.54) is 0 Å². The lowest BCUT2D eigenvalue weighted by Gasteiger charge is -1.72. The molecule has 0 aliphatic carbocycles. The number of allylic oxidation sites excluding steroid dienone is 1. The molecule has 0 radical (unpaired) electrons. The van der Waals surface area contributed by atoms with Crippen molar-refractivity contribution in [3.63, 3.8) is 0 Å². The van der Waals surface area contributed by atoms with Gasteiger partial charge in [-0.3, -0.25) is 0 Å². The molecule has 6 heavy (non-hydrogen) atoms. The first-order valence-electron chi connectivity index (χ1n) is 1.63. The lowest BCUT2D eigenvalue weighted by Crippen LogP contribution is -1.83. The summed E-state index contributed by atoms with van der Waals surface area (Å²) in [7, 11) is 1.70. The maximum Gasteiger partial charge on any atom is 0.162 e. The van der Waals surface area contributed by atoms with Gasteiger partial charge < -0.3 is 5.41 Å². The van der Waals surface area contributed by atoms with Crippen LogP contribution in [-0.2, 0) is 0 Å². The van der Waals surface area contributed by atoms with Gasteiger partial charge in [0.2, 0.25) is 0 Å². The van der Waals surface area contributed by atoms with Gasteiger partial charge in [-0.1, -0.05) is 0 Å². The molecule has 0 fully saturated rings. The third-order valence-electron chi connectivity index (χ3n) is 0.325. The first-order chi connectivity index (χ1) is 2.77. The molecule has 0 aromatic carbocycles. The van der Waals surface area contributed by atoms with Crippen LogP contribution in [0.3, 0.4) is 0 Å². The molecule has 0 aliphatic rings. The number of thiol groups is 1. The Balaban J connectivity index is 3.30. The van der Waals surface area contributed by atoms with Gasteiger partial charge in [-0.15, -0.1) is 0 Å². The normalized spacial score (nSPS) is 9.50. The van der Waals surface area contributed by atoms with Crippen molar-refractivity contribution in [2.45, 2.75) is 0 Å². The van der Waals surface area contributed by atoms with Crippen molar-refractivity contribution < 1.29 is 0 Å². The molecule has 0 saturated carbocycles. The van der Waals surface area contributed by atoms with Gasteiger partial charge in [-0.2, -0.15) is 12.6 Å². The second-order valence-corrected chi connectivity index (χ2v) is 1.30. The highest BCUT2D eigenvalue weighted by Crippen LogP contribution is 1.73. The van der Waals surface area contributed by atoms with Gasteiger partial charge >= 0.3 is 0 Å². The zero-order valence-electron chi connectivity index (χ0n) is 3.60. The highest BCUT2D eigenvalue weighted by Gasteiger charge is 1.68. The van der Waals surface area contributed by atoms with Crippen molar-refractivity contribution in [2.75, 3.05) is 0 Å². The van der Waals surface area contributed by atoms with Crippen LogP contribution >= 0.6 is 12.6 Å². The Morgan fingerprint density at radius 2 is 2.33 bits per heavy atom. The molecular formula is C3H6BNS. The van der Waals surface area contributed by atoms with E-state index < -0.39 is 0 Å². The van der Waals surface area contributed by atoms with Crippen LogP contribution in [0.4, 0.5) is 0 Å². The predicted molar refractivity (Wildman–Crippen MR) is 34.4 cm³/mol. The van der Waals surface area contributed by atoms with Crippen LogP contribution in [-0.4, -0.2) is 13.5 Å². The monoisotopic (exact) mass is 99.0 g/mol. The minimum Gasteiger partial charge on any atom is -0.316 e. The van der Waals surface area contributed by atoms with E-state index in [4.69, 9.17) is 5.41 Å². The molecule has 0 spiro atoms. The fraction of sp³-hybridized carbons (Fsp3) is 0. The van der Waals surface area contributed by atoms with Crippen LogP contribution in [0.1, 0.15) is 0 Å². The lowest BCUT2D eigenvalue weighted by molar-refractivity contribution is 1.57. The maximum absolute atomic E-state index is 6.76. The Kier molecular flexibility index (Phi) is 2.94. The van der Waals surface area contributed by atoms with Crippen LogP contribution in [0.25, 0.3) is 0 Å². The number of hydrogen-bond donors (Lipinski definition) is 2. The predicted octanol–water partition coefficient (Wildman–Crippen LogP) is 0.0403. The average Bonchev–Trinajstić information content (AvgIpc) is 1.35. The molecule has 0 saturated heterocycles. The van der Waals surface area contributed by atoms with Gasteiger partial charge in [-0.25, -0.2) is 0 Å². The van der Waals surface area contributed by atoms with Crippen molar-refractivity contribution in [3.05, 3.63) is 11.5 Å². The van der Waals surface area contributed by atoms with Gasteiger partial charge in [0.05, 0.1) is 0 Å². The molecule has 0 unspecified atom stereocenters. The summed E-state index contributed by atoms with van der Waals surface area (Å²) in [5, 5.41) is 8.30. The maximum atomic E-state index is 6.76. The smallest absolute Gasteiger partial charge is 0.162 e. The van der Waals surface area contributed by atoms with Crippen molar-refractivity contribution in [1.82, 2.24) is 0 Å². The zero-order valence-corrected chi connectivity index (χ0v) is 4.50. The molecule has 32 valence electrons. The SMILES string of the molecule is BC(=N)/C=C\S. The van der Waals surface area contributed by atoms with Crippen LogP contribution < -0.4 is 0 Å². The van der Waals surface area contributed by atoms with Crippen LogP contribution in [0.15, 0.2) is 11.5 Å². The first-order valence-corrected chi connectivity index (χ1v) is 2.15. The Morgan fingerprint density at radius 1 is 1.83 bits per heavy atom. The standard InChI is InChI=1S/C3H6BNS/c4-3(5)1-2-6/h1-2,5-6H,4H2/b2-1-,5-3?. The summed E-state index contributed by atoms with van der Waals surface area (Å²) >= 11 is 3.74. The van der Waals surface area contributed by atoms with Gasteiger partial charge in [0.15, 0.2) is 7.85 Å². The van der Waals surface area contributed by atoms with E-state index in [2.05, 4.69) is 12.6 Å². The summed E-state index contributed by atoms with van der Waals surface area (Å²) in [4.78, 5) is 0. The molecule has 3 heteroatoms. The summed E-state index contributed by atoms with van der Waals surface area (Å²) in [6.45, 7) is 0. The molecule has 0 aromatic rings. The zero-order chi connectivity index (χ0) is 4.99. The summed E-state index contributed by atoms with van der Waals surface area (Å²) in [5.41, 5.74) is 0.532. The Labute approximate surface area is 43.8 Å². The molecule has 0 heterocycles. The van der Waals surface area contributed by atoms with E-state index >= 15 is 0 Å². The minimum absolute atomic E-state index is 0.532. The molecule has 0 bridgehead atoms. The quantitative estimate of drug-likeness (QED) is 0.263. The average molecular weight is 99.0 g/mol.